The van der Waals surface area contributed by atoms with Crippen LogP contribution in [0.1, 0.15) is 16.1 Å². The Morgan fingerprint density at radius 2 is 2.44 bits per heavy atom. The number of aromatic hydroxyl groups is 1. The van der Waals surface area contributed by atoms with Gasteiger partial charge in [0.05, 0.1) is 4.88 Å². The van der Waals surface area contributed by atoms with Crippen LogP contribution >= 0.6 is 11.3 Å². The monoisotopic (exact) mass is 240 g/mol. The molecule has 2 heterocycles. The van der Waals surface area contributed by atoms with E-state index in [1.807, 2.05) is 0 Å². The second-order valence-corrected chi connectivity index (χ2v) is 4.76. The van der Waals surface area contributed by atoms with E-state index in [0.717, 1.165) is 24.2 Å². The Labute approximate surface area is 96.7 Å². The van der Waals surface area contributed by atoms with Crippen molar-refractivity contribution >= 4 is 23.7 Å². The molecular weight excluding hydrogens is 228 g/mol. The number of amides is 2. The summed E-state index contributed by atoms with van der Waals surface area (Å²) in [5.41, 5.74) is 0. The van der Waals surface area contributed by atoms with E-state index in [2.05, 4.69) is 5.32 Å². The van der Waals surface area contributed by atoms with Gasteiger partial charge >= 0.3 is 0 Å². The minimum absolute atomic E-state index is 0.0157. The number of rotatable bonds is 3. The highest BCUT2D eigenvalue weighted by molar-refractivity contribution is 7.15. The summed E-state index contributed by atoms with van der Waals surface area (Å²) in [6.07, 6.45) is 1.57. The van der Waals surface area contributed by atoms with E-state index in [1.165, 1.54) is 6.07 Å². The van der Waals surface area contributed by atoms with Crippen LogP contribution in [0.5, 0.6) is 5.06 Å². The van der Waals surface area contributed by atoms with Crippen molar-refractivity contribution in [3.8, 4) is 5.06 Å². The molecule has 1 atom stereocenters. The van der Waals surface area contributed by atoms with Crippen molar-refractivity contribution in [1.82, 2.24) is 10.2 Å². The Morgan fingerprint density at radius 3 is 3.00 bits per heavy atom. The zero-order chi connectivity index (χ0) is 11.5. The molecular formula is C10H12N2O3S. The van der Waals surface area contributed by atoms with Crippen molar-refractivity contribution in [3.05, 3.63) is 17.0 Å². The first-order chi connectivity index (χ1) is 7.69. The van der Waals surface area contributed by atoms with Crippen LogP contribution in [0, 0.1) is 0 Å². The SMILES string of the molecule is O=CN1CC[C@@H](NC(=O)c2ccc(O)s2)C1. The minimum atomic E-state index is -0.192. The summed E-state index contributed by atoms with van der Waals surface area (Å²) in [6, 6.07) is 3.09. The maximum atomic E-state index is 11.7. The molecule has 0 unspecified atom stereocenters. The van der Waals surface area contributed by atoms with E-state index < -0.39 is 0 Å². The average Bonchev–Trinajstić information content (AvgIpc) is 2.87. The van der Waals surface area contributed by atoms with Gasteiger partial charge in [0.2, 0.25) is 6.41 Å². The molecule has 0 radical (unpaired) electrons. The lowest BCUT2D eigenvalue weighted by molar-refractivity contribution is -0.117. The van der Waals surface area contributed by atoms with Crippen LogP contribution in [0.15, 0.2) is 12.1 Å². The fraction of sp³-hybridized carbons (Fsp3) is 0.400. The zero-order valence-electron chi connectivity index (χ0n) is 8.55. The molecule has 2 amide bonds. The average molecular weight is 240 g/mol. The smallest absolute Gasteiger partial charge is 0.261 e. The highest BCUT2D eigenvalue weighted by Crippen LogP contribution is 2.22. The minimum Gasteiger partial charge on any atom is -0.499 e. The molecule has 6 heteroatoms. The van der Waals surface area contributed by atoms with Crippen molar-refractivity contribution < 1.29 is 14.7 Å². The topological polar surface area (TPSA) is 69.6 Å². The van der Waals surface area contributed by atoms with Crippen LogP contribution in [-0.2, 0) is 4.79 Å². The standard InChI is InChI=1S/C10H12N2O3S/c13-6-12-4-3-7(5-12)11-10(15)8-1-2-9(14)16-8/h1-2,6-7,14H,3-5H2,(H,11,15)/t7-/m1/s1. The molecule has 1 aliphatic rings. The summed E-state index contributed by atoms with van der Waals surface area (Å²) in [4.78, 5) is 24.3. The number of likely N-dealkylation sites (tertiary alicyclic amines) is 1. The van der Waals surface area contributed by atoms with Gasteiger partial charge in [-0.05, 0) is 18.6 Å². The fourth-order valence-corrected chi connectivity index (χ4v) is 2.36. The number of hydrogen-bond donors (Lipinski definition) is 2. The largest absolute Gasteiger partial charge is 0.499 e. The predicted octanol–water partition coefficient (Wildman–Crippen LogP) is 0.414. The molecule has 1 fully saturated rings. The third-order valence-electron chi connectivity index (χ3n) is 2.52. The molecule has 0 saturated carbocycles. The molecule has 1 aromatic rings. The molecule has 1 saturated heterocycles. The second kappa shape index (κ2) is 4.52. The lowest BCUT2D eigenvalue weighted by Crippen LogP contribution is -2.36. The van der Waals surface area contributed by atoms with Gasteiger partial charge in [0.15, 0.2) is 5.06 Å². The van der Waals surface area contributed by atoms with E-state index in [4.69, 9.17) is 5.11 Å². The van der Waals surface area contributed by atoms with Gasteiger partial charge in [-0.2, -0.15) is 0 Å². The summed E-state index contributed by atoms with van der Waals surface area (Å²) < 4.78 is 0. The van der Waals surface area contributed by atoms with Gasteiger partial charge in [0.1, 0.15) is 0 Å². The van der Waals surface area contributed by atoms with E-state index in [0.29, 0.717) is 18.0 Å². The molecule has 86 valence electrons. The van der Waals surface area contributed by atoms with Gasteiger partial charge < -0.3 is 15.3 Å². The van der Waals surface area contributed by atoms with E-state index in [-0.39, 0.29) is 17.0 Å². The maximum Gasteiger partial charge on any atom is 0.261 e. The van der Waals surface area contributed by atoms with Crippen molar-refractivity contribution in [2.45, 2.75) is 12.5 Å². The molecule has 0 bridgehead atoms. The first kappa shape index (κ1) is 10.9. The van der Waals surface area contributed by atoms with Gasteiger partial charge in [-0.3, -0.25) is 9.59 Å². The number of nitrogens with one attached hydrogen (secondary N) is 1. The van der Waals surface area contributed by atoms with Crippen molar-refractivity contribution in [2.75, 3.05) is 13.1 Å². The number of carbonyl (C=O) groups is 2. The predicted molar refractivity (Wildman–Crippen MR) is 59.5 cm³/mol. The van der Waals surface area contributed by atoms with Crippen LogP contribution < -0.4 is 5.32 Å². The van der Waals surface area contributed by atoms with Gasteiger partial charge in [0.25, 0.3) is 5.91 Å². The van der Waals surface area contributed by atoms with Crippen LogP contribution in [0.4, 0.5) is 0 Å². The zero-order valence-corrected chi connectivity index (χ0v) is 9.37. The Morgan fingerprint density at radius 1 is 1.62 bits per heavy atom. The lowest BCUT2D eigenvalue weighted by atomic mass is 10.2. The lowest BCUT2D eigenvalue weighted by Gasteiger charge is -2.11. The molecule has 2 N–H and O–H groups in total. The summed E-state index contributed by atoms with van der Waals surface area (Å²) >= 11 is 1.05. The third-order valence-corrected chi connectivity index (χ3v) is 3.41. The van der Waals surface area contributed by atoms with E-state index in [9.17, 15) is 9.59 Å². The Kier molecular flexibility index (Phi) is 3.09. The summed E-state index contributed by atoms with van der Waals surface area (Å²) in [5.74, 6) is -0.192. The van der Waals surface area contributed by atoms with Gasteiger partial charge in [-0.15, -0.1) is 0 Å². The first-order valence-corrected chi connectivity index (χ1v) is 5.79. The maximum absolute atomic E-state index is 11.7. The van der Waals surface area contributed by atoms with E-state index >= 15 is 0 Å². The molecule has 0 aliphatic carbocycles. The van der Waals surface area contributed by atoms with Gasteiger partial charge in [-0.25, -0.2) is 0 Å². The third kappa shape index (κ3) is 2.33. The number of hydrogen-bond acceptors (Lipinski definition) is 4. The number of thiophene rings is 1. The fourth-order valence-electron chi connectivity index (χ4n) is 1.71. The molecule has 0 spiro atoms. The van der Waals surface area contributed by atoms with Crippen LogP contribution in [0.3, 0.4) is 0 Å². The molecule has 5 nitrogen and oxygen atoms in total. The molecule has 16 heavy (non-hydrogen) atoms. The number of nitrogens with zero attached hydrogens (tertiary/aromatic N) is 1. The van der Waals surface area contributed by atoms with E-state index in [1.54, 1.807) is 11.0 Å². The normalized spacial score (nSPS) is 19.8. The molecule has 2 rings (SSSR count). The summed E-state index contributed by atoms with van der Waals surface area (Å²) in [6.45, 7) is 1.25. The Balaban J connectivity index is 1.91. The quantitative estimate of drug-likeness (QED) is 0.752. The molecule has 0 aromatic carbocycles. The highest BCUT2D eigenvalue weighted by Gasteiger charge is 2.23. The van der Waals surface area contributed by atoms with Crippen LogP contribution in [0.2, 0.25) is 0 Å². The Hall–Kier alpha value is -1.56. The first-order valence-electron chi connectivity index (χ1n) is 4.98. The summed E-state index contributed by atoms with van der Waals surface area (Å²) in [7, 11) is 0. The second-order valence-electron chi connectivity index (χ2n) is 3.70. The van der Waals surface area contributed by atoms with Crippen LogP contribution in [-0.4, -0.2) is 41.5 Å². The molecule has 1 aliphatic heterocycles. The van der Waals surface area contributed by atoms with Crippen molar-refractivity contribution in [2.24, 2.45) is 0 Å². The Bertz CT molecular complexity index is 405. The summed E-state index contributed by atoms with van der Waals surface area (Å²) in [5, 5.41) is 12.1. The van der Waals surface area contributed by atoms with Crippen molar-refractivity contribution in [1.29, 1.82) is 0 Å². The van der Waals surface area contributed by atoms with Crippen molar-refractivity contribution in [3.63, 3.8) is 0 Å². The van der Waals surface area contributed by atoms with Gasteiger partial charge in [-0.1, -0.05) is 11.3 Å². The number of carbonyl (C=O) groups excluding carboxylic acids is 2. The van der Waals surface area contributed by atoms with Gasteiger partial charge in [0, 0.05) is 19.1 Å². The molecule has 1 aromatic heterocycles. The van der Waals surface area contributed by atoms with Crippen LogP contribution in [0.25, 0.3) is 0 Å². The highest BCUT2D eigenvalue weighted by atomic mass is 32.1.